The van der Waals surface area contributed by atoms with Crippen LogP contribution in [0.2, 0.25) is 0 Å². The Morgan fingerprint density at radius 3 is 2.78 bits per heavy atom. The summed E-state index contributed by atoms with van der Waals surface area (Å²) in [7, 11) is 0. The predicted molar refractivity (Wildman–Crippen MR) is 115 cm³/mol. The number of nitriles is 1. The Labute approximate surface area is 185 Å². The molecule has 32 heavy (non-hydrogen) atoms. The van der Waals surface area contributed by atoms with Gasteiger partial charge in [0.15, 0.2) is 5.41 Å². The first kappa shape index (κ1) is 21.6. The van der Waals surface area contributed by atoms with Gasteiger partial charge in [0.25, 0.3) is 0 Å². The summed E-state index contributed by atoms with van der Waals surface area (Å²) in [6, 6.07) is 9.13. The lowest BCUT2D eigenvalue weighted by molar-refractivity contribution is -0.140. The summed E-state index contributed by atoms with van der Waals surface area (Å²) in [4.78, 5) is 31.0. The van der Waals surface area contributed by atoms with Gasteiger partial charge in [0.2, 0.25) is 11.8 Å². The number of morpholine rings is 1. The molecule has 3 aliphatic rings. The average molecular weight is 436 g/mol. The second kappa shape index (κ2) is 8.49. The molecule has 0 aromatic heterocycles. The third-order valence-corrected chi connectivity index (χ3v) is 5.87. The molecule has 166 valence electrons. The van der Waals surface area contributed by atoms with Crippen LogP contribution in [0.3, 0.4) is 0 Å². The van der Waals surface area contributed by atoms with Gasteiger partial charge < -0.3 is 19.9 Å². The lowest BCUT2D eigenvalue weighted by Gasteiger charge is -2.35. The van der Waals surface area contributed by atoms with Gasteiger partial charge in [-0.05, 0) is 13.0 Å². The summed E-state index contributed by atoms with van der Waals surface area (Å²) in [5.74, 6) is -1.30. The number of rotatable bonds is 5. The fourth-order valence-corrected chi connectivity index (χ4v) is 4.50. The molecule has 3 heterocycles. The van der Waals surface area contributed by atoms with Gasteiger partial charge in [-0.15, -0.1) is 0 Å². The fourth-order valence-electron chi connectivity index (χ4n) is 4.50. The monoisotopic (exact) mass is 436 g/mol. The number of nitrogens with two attached hydrogens (primary N) is 1. The minimum Gasteiger partial charge on any atom is -0.458 e. The number of nitrogens with zero attached hydrogens (tertiary/aromatic N) is 3. The Hall–Kier alpha value is -3.61. The van der Waals surface area contributed by atoms with Crippen LogP contribution in [0.25, 0.3) is 0 Å². The molecule has 0 unspecified atom stereocenters. The molecule has 1 spiro atoms. The Bertz CT molecular complexity index is 1080. The number of carbonyl (C=O) groups is 2. The third kappa shape index (κ3) is 3.16. The normalized spacial score (nSPS) is 23.1. The lowest BCUT2D eigenvalue weighted by atomic mass is 9.68. The molecule has 2 N–H and O–H groups in total. The van der Waals surface area contributed by atoms with Crippen molar-refractivity contribution in [3.8, 4) is 6.07 Å². The van der Waals surface area contributed by atoms with Gasteiger partial charge >= 0.3 is 5.97 Å². The summed E-state index contributed by atoms with van der Waals surface area (Å²) < 4.78 is 16.2. The van der Waals surface area contributed by atoms with Crippen LogP contribution in [0, 0.1) is 11.3 Å². The molecule has 3 aliphatic heterocycles. The molecule has 1 saturated heterocycles. The maximum absolute atomic E-state index is 14.2. The Balaban J connectivity index is 1.91. The Morgan fingerprint density at radius 2 is 2.09 bits per heavy atom. The van der Waals surface area contributed by atoms with Crippen LogP contribution in [0.1, 0.15) is 12.5 Å². The van der Waals surface area contributed by atoms with Crippen LogP contribution in [0.4, 0.5) is 5.69 Å². The number of para-hydroxylation sites is 1. The first-order valence-corrected chi connectivity index (χ1v) is 10.3. The van der Waals surface area contributed by atoms with Gasteiger partial charge in [-0.1, -0.05) is 30.9 Å². The molecule has 0 radical (unpaired) electrons. The summed E-state index contributed by atoms with van der Waals surface area (Å²) in [6.45, 7) is 7.78. The molecule has 9 nitrogen and oxygen atoms in total. The number of hydrogen-bond donors (Lipinski definition) is 1. The highest BCUT2D eigenvalue weighted by Crippen LogP contribution is 2.54. The van der Waals surface area contributed by atoms with Crippen LogP contribution in [-0.2, 0) is 29.2 Å². The lowest BCUT2D eigenvalue weighted by Crippen LogP contribution is -2.52. The highest BCUT2D eigenvalue weighted by molar-refractivity contribution is 6.18. The summed E-state index contributed by atoms with van der Waals surface area (Å²) in [5.41, 5.74) is 5.25. The van der Waals surface area contributed by atoms with Gasteiger partial charge in [0, 0.05) is 18.7 Å². The summed E-state index contributed by atoms with van der Waals surface area (Å²) in [6.07, 6.45) is 1.43. The van der Waals surface area contributed by atoms with Crippen molar-refractivity contribution in [2.75, 3.05) is 44.5 Å². The average Bonchev–Trinajstić information content (AvgIpc) is 3.02. The number of allylic oxidation sites excluding steroid dienone is 1. The van der Waals surface area contributed by atoms with E-state index in [0.717, 1.165) is 0 Å². The zero-order valence-electron chi connectivity index (χ0n) is 17.8. The number of ether oxygens (including phenoxy) is 3. The molecule has 1 aromatic rings. The van der Waals surface area contributed by atoms with Crippen molar-refractivity contribution in [2.45, 2.75) is 12.3 Å². The standard InChI is InChI=1S/C23H24N4O5/c1-3-10-31-21(28)19-15(2)32-20(25)17(13-24)23(19)16-6-4-5-7-18(16)27(22(23)29)14-26-8-11-30-12-9-26/h3-7H,1,8-12,14,25H2,2H3/t23-/m0/s1. The van der Waals surface area contributed by atoms with Crippen molar-refractivity contribution in [1.29, 1.82) is 5.26 Å². The molecule has 1 fully saturated rings. The number of benzene rings is 1. The Kier molecular flexibility index (Phi) is 5.74. The fraction of sp³-hybridized carbons (Fsp3) is 0.348. The van der Waals surface area contributed by atoms with E-state index < -0.39 is 17.3 Å². The Morgan fingerprint density at radius 1 is 1.38 bits per heavy atom. The number of carbonyl (C=O) groups excluding carboxylic acids is 2. The predicted octanol–water partition coefficient (Wildman–Crippen LogP) is 1.29. The topological polar surface area (TPSA) is 118 Å². The molecule has 9 heteroatoms. The quantitative estimate of drug-likeness (QED) is 0.542. The first-order chi connectivity index (χ1) is 15.5. The van der Waals surface area contributed by atoms with Crippen LogP contribution in [0.5, 0.6) is 0 Å². The van der Waals surface area contributed by atoms with E-state index in [2.05, 4.69) is 11.5 Å². The summed E-state index contributed by atoms with van der Waals surface area (Å²) in [5, 5.41) is 10.0. The molecule has 0 saturated carbocycles. The van der Waals surface area contributed by atoms with Crippen LogP contribution < -0.4 is 10.6 Å². The molecule has 4 rings (SSSR count). The number of esters is 1. The zero-order valence-corrected chi connectivity index (χ0v) is 17.8. The maximum Gasteiger partial charge on any atom is 0.339 e. The number of amides is 1. The van der Waals surface area contributed by atoms with Gasteiger partial charge in [-0.25, -0.2) is 4.79 Å². The SMILES string of the molecule is C=CCOC(=O)C1=C(C)OC(N)=C(C#N)[C@]12C(=O)N(CN1CCOCC1)c1ccccc12. The van der Waals surface area contributed by atoms with Crippen molar-refractivity contribution >= 4 is 17.6 Å². The molecular weight excluding hydrogens is 412 g/mol. The van der Waals surface area contributed by atoms with Gasteiger partial charge in [0.05, 0.1) is 25.6 Å². The van der Waals surface area contributed by atoms with E-state index in [4.69, 9.17) is 19.9 Å². The third-order valence-electron chi connectivity index (χ3n) is 5.87. The van der Waals surface area contributed by atoms with Crippen molar-refractivity contribution in [3.05, 3.63) is 65.3 Å². The highest BCUT2D eigenvalue weighted by atomic mass is 16.5. The molecule has 1 amide bonds. The van der Waals surface area contributed by atoms with Crippen molar-refractivity contribution in [2.24, 2.45) is 5.73 Å². The van der Waals surface area contributed by atoms with E-state index in [1.165, 1.54) is 13.0 Å². The molecule has 0 bridgehead atoms. The smallest absolute Gasteiger partial charge is 0.339 e. The van der Waals surface area contributed by atoms with E-state index in [-0.39, 0.29) is 36.1 Å². The first-order valence-electron chi connectivity index (χ1n) is 10.3. The van der Waals surface area contributed by atoms with Gasteiger partial charge in [0.1, 0.15) is 29.6 Å². The van der Waals surface area contributed by atoms with E-state index >= 15 is 0 Å². The highest BCUT2D eigenvalue weighted by Gasteiger charge is 2.62. The largest absolute Gasteiger partial charge is 0.458 e. The van der Waals surface area contributed by atoms with Crippen molar-refractivity contribution in [1.82, 2.24) is 4.90 Å². The second-order valence-electron chi connectivity index (χ2n) is 7.64. The molecule has 0 aliphatic carbocycles. The van der Waals surface area contributed by atoms with Crippen molar-refractivity contribution in [3.63, 3.8) is 0 Å². The van der Waals surface area contributed by atoms with E-state index in [0.29, 0.717) is 37.6 Å². The zero-order chi connectivity index (χ0) is 22.9. The van der Waals surface area contributed by atoms with Crippen LogP contribution in [-0.4, -0.2) is 56.4 Å². The van der Waals surface area contributed by atoms with Crippen LogP contribution in [0.15, 0.2) is 59.7 Å². The van der Waals surface area contributed by atoms with E-state index in [1.807, 2.05) is 12.1 Å². The second-order valence-corrected chi connectivity index (χ2v) is 7.64. The van der Waals surface area contributed by atoms with Crippen molar-refractivity contribution < 1.29 is 23.8 Å². The van der Waals surface area contributed by atoms with Gasteiger partial charge in [-0.2, -0.15) is 5.26 Å². The molecule has 1 atom stereocenters. The maximum atomic E-state index is 14.2. The number of fused-ring (bicyclic) bond motifs is 2. The van der Waals surface area contributed by atoms with Crippen LogP contribution >= 0.6 is 0 Å². The minimum atomic E-state index is -1.75. The number of anilines is 1. The minimum absolute atomic E-state index is 0.0490. The number of hydrogen-bond acceptors (Lipinski definition) is 8. The van der Waals surface area contributed by atoms with E-state index in [1.54, 1.807) is 23.1 Å². The van der Waals surface area contributed by atoms with E-state index in [9.17, 15) is 14.9 Å². The molecular formula is C23H24N4O5. The summed E-state index contributed by atoms with van der Waals surface area (Å²) >= 11 is 0. The molecule has 1 aromatic carbocycles. The van der Waals surface area contributed by atoms with Gasteiger partial charge in [-0.3, -0.25) is 14.6 Å².